The minimum Gasteiger partial charge on any atom is -0.399 e. The molecule has 0 aliphatic carbocycles. The van der Waals surface area contributed by atoms with Gasteiger partial charge in [0.25, 0.3) is 0 Å². The van der Waals surface area contributed by atoms with Gasteiger partial charge in [0.1, 0.15) is 0 Å². The molecular weight excluding hydrogens is 318 g/mol. The fourth-order valence-corrected chi connectivity index (χ4v) is 3.07. The zero-order valence-corrected chi connectivity index (χ0v) is 14.5. The van der Waals surface area contributed by atoms with Crippen LogP contribution in [0, 0.1) is 0 Å². The quantitative estimate of drug-likeness (QED) is 0.767. The van der Waals surface area contributed by atoms with Crippen LogP contribution in [0.25, 0.3) is 0 Å². The highest BCUT2D eigenvalue weighted by molar-refractivity contribution is 6.62. The van der Waals surface area contributed by atoms with Crippen LogP contribution < -0.4 is 10.4 Å². The third-order valence-corrected chi connectivity index (χ3v) is 5.26. The molecule has 0 unspecified atom stereocenters. The highest BCUT2D eigenvalue weighted by atomic mass is 19.4. The Labute approximate surface area is 141 Å². The van der Waals surface area contributed by atoms with Crippen molar-refractivity contribution in [3.05, 3.63) is 23.8 Å². The van der Waals surface area contributed by atoms with Crippen LogP contribution in [-0.2, 0) is 15.5 Å². The fraction of sp³-hybridized carbons (Fsp3) is 0.647. The number of alkyl halides is 3. The van der Waals surface area contributed by atoms with Crippen LogP contribution in [0.1, 0.15) is 46.1 Å². The maximum atomic E-state index is 13.3. The van der Waals surface area contributed by atoms with Crippen LogP contribution >= 0.6 is 0 Å². The Balaban J connectivity index is 2.00. The number of benzene rings is 1. The number of halogens is 3. The van der Waals surface area contributed by atoms with Gasteiger partial charge in [0.2, 0.25) is 0 Å². The van der Waals surface area contributed by atoms with Crippen molar-refractivity contribution in [3.63, 3.8) is 0 Å². The summed E-state index contributed by atoms with van der Waals surface area (Å²) in [6.45, 7) is 9.13. The van der Waals surface area contributed by atoms with E-state index in [1.165, 1.54) is 6.07 Å². The van der Waals surface area contributed by atoms with Crippen LogP contribution in [0.3, 0.4) is 0 Å². The van der Waals surface area contributed by atoms with Crippen molar-refractivity contribution in [1.29, 1.82) is 0 Å². The van der Waals surface area contributed by atoms with Crippen molar-refractivity contribution in [2.75, 3.05) is 18.0 Å². The lowest BCUT2D eigenvalue weighted by atomic mass is 9.78. The van der Waals surface area contributed by atoms with Crippen LogP contribution in [-0.4, -0.2) is 31.4 Å². The summed E-state index contributed by atoms with van der Waals surface area (Å²) in [6.07, 6.45) is -2.39. The van der Waals surface area contributed by atoms with Gasteiger partial charge >= 0.3 is 13.3 Å². The standard InChI is InChI=1S/C17H23BF3NO2/c1-15(2)16(3,4)24-18(23-15)13-9-12(17(19,20)21)10-14(11-13)22-7-5-6-8-22/h9-11H,5-8H2,1-4H3. The molecule has 0 radical (unpaired) electrons. The van der Waals surface area contributed by atoms with Crippen molar-refractivity contribution in [1.82, 2.24) is 0 Å². The molecular formula is C17H23BF3NO2. The van der Waals surface area contributed by atoms with E-state index in [1.807, 2.05) is 32.6 Å². The molecule has 132 valence electrons. The molecule has 0 aromatic heterocycles. The van der Waals surface area contributed by atoms with E-state index in [4.69, 9.17) is 9.31 Å². The summed E-state index contributed by atoms with van der Waals surface area (Å²) in [6, 6.07) is 4.13. The van der Waals surface area contributed by atoms with E-state index in [9.17, 15) is 13.2 Å². The lowest BCUT2D eigenvalue weighted by Crippen LogP contribution is -2.41. The average molecular weight is 341 g/mol. The first kappa shape index (κ1) is 17.6. The topological polar surface area (TPSA) is 21.7 Å². The molecule has 0 spiro atoms. The van der Waals surface area contributed by atoms with E-state index < -0.39 is 30.1 Å². The summed E-state index contributed by atoms with van der Waals surface area (Å²) in [5, 5.41) is 0. The predicted molar refractivity (Wildman–Crippen MR) is 88.6 cm³/mol. The van der Waals surface area contributed by atoms with Gasteiger partial charge < -0.3 is 14.2 Å². The highest BCUT2D eigenvalue weighted by Crippen LogP contribution is 2.38. The second-order valence-corrected chi connectivity index (χ2v) is 7.59. The number of hydrogen-bond acceptors (Lipinski definition) is 3. The second kappa shape index (κ2) is 5.66. The van der Waals surface area contributed by atoms with Crippen molar-refractivity contribution in [2.24, 2.45) is 0 Å². The minimum atomic E-state index is -4.39. The SMILES string of the molecule is CC1(C)OB(c2cc(N3CCCC3)cc(C(F)(F)F)c2)OC1(C)C. The predicted octanol–water partition coefficient (Wildman–Crippen LogP) is 3.60. The van der Waals surface area contributed by atoms with Gasteiger partial charge in [-0.1, -0.05) is 6.07 Å². The summed E-state index contributed by atoms with van der Waals surface area (Å²) >= 11 is 0. The minimum absolute atomic E-state index is 0.422. The third-order valence-electron chi connectivity index (χ3n) is 5.26. The molecule has 1 aromatic carbocycles. The van der Waals surface area contributed by atoms with E-state index in [0.29, 0.717) is 11.2 Å². The van der Waals surface area contributed by atoms with Gasteiger partial charge in [-0.3, -0.25) is 0 Å². The molecule has 2 saturated heterocycles. The molecule has 2 heterocycles. The smallest absolute Gasteiger partial charge is 0.399 e. The van der Waals surface area contributed by atoms with Gasteiger partial charge in [0, 0.05) is 18.8 Å². The van der Waals surface area contributed by atoms with E-state index in [-0.39, 0.29) is 0 Å². The summed E-state index contributed by atoms with van der Waals surface area (Å²) in [5.74, 6) is 0. The van der Waals surface area contributed by atoms with Gasteiger partial charge in [-0.05, 0) is 58.1 Å². The number of anilines is 1. The Kier molecular flexibility index (Phi) is 4.16. The Morgan fingerprint density at radius 2 is 1.50 bits per heavy atom. The Morgan fingerprint density at radius 3 is 2.00 bits per heavy atom. The van der Waals surface area contributed by atoms with Gasteiger partial charge in [-0.15, -0.1) is 0 Å². The zero-order chi connectivity index (χ0) is 17.8. The van der Waals surface area contributed by atoms with Crippen LogP contribution in [0.5, 0.6) is 0 Å². The molecule has 1 aromatic rings. The van der Waals surface area contributed by atoms with Crippen molar-refractivity contribution >= 4 is 18.3 Å². The monoisotopic (exact) mass is 341 g/mol. The summed E-state index contributed by atoms with van der Waals surface area (Å²) in [7, 11) is -0.793. The molecule has 0 atom stereocenters. The molecule has 0 saturated carbocycles. The van der Waals surface area contributed by atoms with Gasteiger partial charge in [-0.25, -0.2) is 0 Å². The van der Waals surface area contributed by atoms with E-state index in [2.05, 4.69) is 0 Å². The maximum absolute atomic E-state index is 13.3. The highest BCUT2D eigenvalue weighted by Gasteiger charge is 2.52. The second-order valence-electron chi connectivity index (χ2n) is 7.59. The summed E-state index contributed by atoms with van der Waals surface area (Å²) in [5.41, 5.74) is -0.812. The lowest BCUT2D eigenvalue weighted by molar-refractivity contribution is -0.137. The first-order valence-electron chi connectivity index (χ1n) is 8.32. The van der Waals surface area contributed by atoms with Gasteiger partial charge in [0.05, 0.1) is 16.8 Å². The normalized spacial score (nSPS) is 23.1. The first-order chi connectivity index (χ1) is 11.0. The molecule has 2 aliphatic heterocycles. The van der Waals surface area contributed by atoms with Crippen molar-refractivity contribution in [3.8, 4) is 0 Å². The van der Waals surface area contributed by atoms with Crippen molar-refractivity contribution in [2.45, 2.75) is 57.9 Å². The average Bonchev–Trinajstić information content (AvgIpc) is 3.04. The van der Waals surface area contributed by atoms with Crippen LogP contribution in [0.15, 0.2) is 18.2 Å². The number of rotatable bonds is 2. The van der Waals surface area contributed by atoms with Gasteiger partial charge in [0.15, 0.2) is 0 Å². The summed E-state index contributed by atoms with van der Waals surface area (Å²) < 4.78 is 51.8. The molecule has 2 fully saturated rings. The zero-order valence-electron chi connectivity index (χ0n) is 14.5. The molecule has 3 rings (SSSR count). The molecule has 2 aliphatic rings. The maximum Gasteiger partial charge on any atom is 0.494 e. The molecule has 0 amide bonds. The third kappa shape index (κ3) is 3.16. The first-order valence-corrected chi connectivity index (χ1v) is 8.32. The molecule has 0 bridgehead atoms. The Bertz CT molecular complexity index is 609. The van der Waals surface area contributed by atoms with Crippen LogP contribution in [0.2, 0.25) is 0 Å². The van der Waals surface area contributed by atoms with Gasteiger partial charge in [-0.2, -0.15) is 13.2 Å². The molecule has 7 heteroatoms. The molecule has 24 heavy (non-hydrogen) atoms. The molecule has 3 nitrogen and oxygen atoms in total. The van der Waals surface area contributed by atoms with E-state index >= 15 is 0 Å². The lowest BCUT2D eigenvalue weighted by Gasteiger charge is -2.32. The largest absolute Gasteiger partial charge is 0.494 e. The summed E-state index contributed by atoms with van der Waals surface area (Å²) in [4.78, 5) is 1.99. The van der Waals surface area contributed by atoms with Crippen LogP contribution in [0.4, 0.5) is 18.9 Å². The Hall–Kier alpha value is -1.21. The van der Waals surface area contributed by atoms with E-state index in [0.717, 1.165) is 32.0 Å². The molecule has 0 N–H and O–H groups in total. The van der Waals surface area contributed by atoms with Crippen molar-refractivity contribution < 1.29 is 22.5 Å². The number of hydrogen-bond donors (Lipinski definition) is 0. The Morgan fingerprint density at radius 1 is 0.958 bits per heavy atom. The number of nitrogens with zero attached hydrogens (tertiary/aromatic N) is 1. The van der Waals surface area contributed by atoms with E-state index in [1.54, 1.807) is 6.07 Å². The fourth-order valence-electron chi connectivity index (χ4n) is 3.07.